The highest BCUT2D eigenvalue weighted by Crippen LogP contribution is 2.04. The van der Waals surface area contributed by atoms with Crippen LogP contribution in [0, 0.1) is 11.3 Å². The summed E-state index contributed by atoms with van der Waals surface area (Å²) in [5.41, 5.74) is 0. The Morgan fingerprint density at radius 1 is 1.53 bits per heavy atom. The van der Waals surface area contributed by atoms with Gasteiger partial charge in [0.1, 0.15) is 0 Å². The molecular formula is C11H20N2O2. The lowest BCUT2D eigenvalue weighted by Gasteiger charge is -2.25. The maximum Gasteiger partial charge on any atom is 0.222 e. The normalized spacial score (nSPS) is 10.1. The second-order valence-electron chi connectivity index (χ2n) is 3.69. The van der Waals surface area contributed by atoms with Gasteiger partial charge in [0.2, 0.25) is 5.91 Å². The van der Waals surface area contributed by atoms with E-state index in [1.807, 2.05) is 13.8 Å². The molecule has 0 unspecified atom stereocenters. The lowest BCUT2D eigenvalue weighted by Crippen LogP contribution is -2.37. The van der Waals surface area contributed by atoms with Crippen LogP contribution in [0.25, 0.3) is 0 Å². The van der Waals surface area contributed by atoms with Gasteiger partial charge in [-0.3, -0.25) is 4.79 Å². The van der Waals surface area contributed by atoms with E-state index in [0.717, 1.165) is 6.42 Å². The van der Waals surface area contributed by atoms with E-state index in [9.17, 15) is 4.79 Å². The first-order valence-electron chi connectivity index (χ1n) is 5.28. The number of nitrogens with zero attached hydrogens (tertiary/aromatic N) is 2. The zero-order valence-corrected chi connectivity index (χ0v) is 9.82. The second kappa shape index (κ2) is 8.25. The summed E-state index contributed by atoms with van der Waals surface area (Å²) in [5, 5.41) is 8.48. The minimum atomic E-state index is 0.109. The molecule has 4 nitrogen and oxygen atoms in total. The van der Waals surface area contributed by atoms with Crippen molar-refractivity contribution < 1.29 is 9.53 Å². The summed E-state index contributed by atoms with van der Waals surface area (Å²) < 4.78 is 4.89. The Labute approximate surface area is 91.8 Å². The van der Waals surface area contributed by atoms with E-state index < -0.39 is 0 Å². The van der Waals surface area contributed by atoms with Gasteiger partial charge in [0.25, 0.3) is 0 Å². The van der Waals surface area contributed by atoms with E-state index in [0.29, 0.717) is 26.0 Å². The van der Waals surface area contributed by atoms with Crippen molar-refractivity contribution in [2.45, 2.75) is 39.2 Å². The molecule has 0 atom stereocenters. The van der Waals surface area contributed by atoms with Gasteiger partial charge in [-0.1, -0.05) is 0 Å². The number of nitriles is 1. The Hall–Kier alpha value is -1.08. The van der Waals surface area contributed by atoms with Crippen molar-refractivity contribution in [3.8, 4) is 6.07 Å². The maximum absolute atomic E-state index is 11.7. The van der Waals surface area contributed by atoms with Crippen molar-refractivity contribution in [1.29, 1.82) is 5.26 Å². The molecule has 0 radical (unpaired) electrons. The molecule has 0 bridgehead atoms. The van der Waals surface area contributed by atoms with Gasteiger partial charge in [-0.05, 0) is 20.3 Å². The Kier molecular flexibility index (Phi) is 7.65. The highest BCUT2D eigenvalue weighted by molar-refractivity contribution is 5.76. The summed E-state index contributed by atoms with van der Waals surface area (Å²) in [6.07, 6.45) is 1.64. The molecule has 4 heteroatoms. The monoisotopic (exact) mass is 212 g/mol. The van der Waals surface area contributed by atoms with Crippen LogP contribution in [0.1, 0.15) is 33.1 Å². The molecule has 1 amide bonds. The van der Waals surface area contributed by atoms with Crippen molar-refractivity contribution in [3.05, 3.63) is 0 Å². The fourth-order valence-corrected chi connectivity index (χ4v) is 1.35. The molecule has 0 aromatic rings. The van der Waals surface area contributed by atoms with Crippen molar-refractivity contribution in [2.24, 2.45) is 0 Å². The summed E-state index contributed by atoms with van der Waals surface area (Å²) in [7, 11) is 1.63. The Bertz CT molecular complexity index is 221. The van der Waals surface area contributed by atoms with E-state index in [4.69, 9.17) is 10.00 Å². The van der Waals surface area contributed by atoms with Crippen LogP contribution in [-0.4, -0.2) is 37.1 Å². The molecule has 0 rings (SSSR count). The molecule has 86 valence electrons. The van der Waals surface area contributed by atoms with Crippen LogP contribution in [0.15, 0.2) is 0 Å². The van der Waals surface area contributed by atoms with Gasteiger partial charge in [-0.15, -0.1) is 0 Å². The van der Waals surface area contributed by atoms with Crippen molar-refractivity contribution in [3.63, 3.8) is 0 Å². The summed E-state index contributed by atoms with van der Waals surface area (Å²) in [4.78, 5) is 13.5. The van der Waals surface area contributed by atoms with Gasteiger partial charge in [0, 0.05) is 32.7 Å². The van der Waals surface area contributed by atoms with Crippen molar-refractivity contribution >= 4 is 5.91 Å². The number of methoxy groups -OCH3 is 1. The van der Waals surface area contributed by atoms with Crippen LogP contribution >= 0.6 is 0 Å². The lowest BCUT2D eigenvalue weighted by molar-refractivity contribution is -0.133. The Morgan fingerprint density at radius 3 is 2.67 bits per heavy atom. The molecular weight excluding hydrogens is 192 g/mol. The molecule has 0 saturated carbocycles. The minimum Gasteiger partial charge on any atom is -0.385 e. The molecule has 0 spiro atoms. The zero-order chi connectivity index (χ0) is 11.7. The first-order valence-corrected chi connectivity index (χ1v) is 5.28. The van der Waals surface area contributed by atoms with Gasteiger partial charge in [0.05, 0.1) is 12.5 Å². The van der Waals surface area contributed by atoms with Crippen molar-refractivity contribution in [2.75, 3.05) is 20.3 Å². The van der Waals surface area contributed by atoms with Crippen LogP contribution in [0.2, 0.25) is 0 Å². The van der Waals surface area contributed by atoms with E-state index in [1.54, 1.807) is 12.0 Å². The number of hydrogen-bond donors (Lipinski definition) is 0. The number of ether oxygens (including phenoxy) is 1. The Morgan fingerprint density at radius 2 is 2.20 bits per heavy atom. The minimum absolute atomic E-state index is 0.109. The smallest absolute Gasteiger partial charge is 0.222 e. The first-order chi connectivity index (χ1) is 7.13. The average Bonchev–Trinajstić information content (AvgIpc) is 2.18. The molecule has 15 heavy (non-hydrogen) atoms. The number of hydrogen-bond acceptors (Lipinski definition) is 3. The van der Waals surface area contributed by atoms with E-state index in [2.05, 4.69) is 6.07 Å². The van der Waals surface area contributed by atoms with Crippen LogP contribution in [-0.2, 0) is 9.53 Å². The molecule has 0 aliphatic rings. The summed E-state index contributed by atoms with van der Waals surface area (Å²) in [5.74, 6) is 0.109. The van der Waals surface area contributed by atoms with Gasteiger partial charge in [-0.2, -0.15) is 5.26 Å². The maximum atomic E-state index is 11.7. The van der Waals surface area contributed by atoms with Crippen LogP contribution in [0.5, 0.6) is 0 Å². The van der Waals surface area contributed by atoms with E-state index in [-0.39, 0.29) is 11.9 Å². The van der Waals surface area contributed by atoms with Crippen LogP contribution in [0.3, 0.4) is 0 Å². The van der Waals surface area contributed by atoms with E-state index >= 15 is 0 Å². The first kappa shape index (κ1) is 13.9. The van der Waals surface area contributed by atoms with Gasteiger partial charge < -0.3 is 9.64 Å². The predicted octanol–water partition coefficient (Wildman–Crippen LogP) is 1.56. The Balaban J connectivity index is 4.00. The summed E-state index contributed by atoms with van der Waals surface area (Å²) in [6.45, 7) is 5.06. The number of rotatable bonds is 7. The van der Waals surface area contributed by atoms with Crippen molar-refractivity contribution in [1.82, 2.24) is 4.90 Å². The summed E-state index contributed by atoms with van der Waals surface area (Å²) in [6, 6.07) is 2.22. The molecule has 0 aromatic carbocycles. The number of amides is 1. The zero-order valence-electron chi connectivity index (χ0n) is 9.82. The van der Waals surface area contributed by atoms with Gasteiger partial charge in [0.15, 0.2) is 0 Å². The standard InChI is InChI=1S/C11H20N2O2/c1-10(2)13(8-5-7-12)11(14)6-4-9-15-3/h10H,4-6,8-9H2,1-3H3. The topological polar surface area (TPSA) is 53.3 Å². The highest BCUT2D eigenvalue weighted by Gasteiger charge is 2.15. The third-order valence-corrected chi connectivity index (χ3v) is 2.15. The molecule has 0 aromatic heterocycles. The third-order valence-electron chi connectivity index (χ3n) is 2.15. The SMILES string of the molecule is COCCCC(=O)N(CCC#N)C(C)C. The third kappa shape index (κ3) is 6.08. The van der Waals surface area contributed by atoms with Gasteiger partial charge in [-0.25, -0.2) is 0 Å². The molecule has 0 fully saturated rings. The van der Waals surface area contributed by atoms with Crippen LogP contribution < -0.4 is 0 Å². The molecule has 0 heterocycles. The van der Waals surface area contributed by atoms with Crippen LogP contribution in [0.4, 0.5) is 0 Å². The van der Waals surface area contributed by atoms with E-state index in [1.165, 1.54) is 0 Å². The molecule has 0 aliphatic heterocycles. The molecule has 0 aliphatic carbocycles. The largest absolute Gasteiger partial charge is 0.385 e. The fraction of sp³-hybridized carbons (Fsp3) is 0.818. The average molecular weight is 212 g/mol. The molecule has 0 N–H and O–H groups in total. The predicted molar refractivity (Wildman–Crippen MR) is 58.2 cm³/mol. The second-order valence-corrected chi connectivity index (χ2v) is 3.69. The molecule has 0 saturated heterocycles. The number of carbonyl (C=O) groups is 1. The van der Waals surface area contributed by atoms with Gasteiger partial charge >= 0.3 is 0 Å². The fourth-order valence-electron chi connectivity index (χ4n) is 1.35. The lowest BCUT2D eigenvalue weighted by atomic mass is 10.2. The highest BCUT2D eigenvalue weighted by atomic mass is 16.5. The number of carbonyl (C=O) groups excluding carboxylic acids is 1. The summed E-state index contributed by atoms with van der Waals surface area (Å²) >= 11 is 0. The quantitative estimate of drug-likeness (QED) is 0.602.